The first-order chi connectivity index (χ1) is 8.83. The third kappa shape index (κ3) is 2.25. The molecule has 0 bridgehead atoms. The van der Waals surface area contributed by atoms with E-state index < -0.39 is 0 Å². The molecule has 2 aromatic carbocycles. The predicted molar refractivity (Wildman–Crippen MR) is 74.0 cm³/mol. The second-order valence-electron chi connectivity index (χ2n) is 3.97. The van der Waals surface area contributed by atoms with Crippen LogP contribution in [0.25, 0.3) is 0 Å². The Morgan fingerprint density at radius 1 is 1.00 bits per heavy atom. The maximum absolute atomic E-state index is 5.85. The van der Waals surface area contributed by atoms with Crippen molar-refractivity contribution < 1.29 is 4.76 Å². The lowest BCUT2D eigenvalue weighted by molar-refractivity contribution is 0.284. The Balaban J connectivity index is 1.86. The summed E-state index contributed by atoms with van der Waals surface area (Å²) in [6.07, 6.45) is 0. The molecule has 5 heteroatoms. The zero-order valence-corrected chi connectivity index (χ0v) is 10.3. The van der Waals surface area contributed by atoms with E-state index in [0.717, 1.165) is 16.9 Å². The van der Waals surface area contributed by atoms with Crippen molar-refractivity contribution in [3.05, 3.63) is 65.2 Å². The fraction of sp³-hybridized carbons (Fsp3) is 0. The minimum atomic E-state index is -0.295. The first kappa shape index (κ1) is 11.3. The number of hydrogen-bond acceptors (Lipinski definition) is 3. The molecule has 88 valence electrons. The summed E-state index contributed by atoms with van der Waals surface area (Å²) in [5.41, 5.74) is 4.83. The Labute approximate surface area is 111 Å². The van der Waals surface area contributed by atoms with Gasteiger partial charge in [-0.1, -0.05) is 41.9 Å². The molecule has 0 amide bonds. The lowest BCUT2D eigenvalue weighted by atomic mass is 9.75. The number of nitrogens with one attached hydrogen (secondary N) is 1. The van der Waals surface area contributed by atoms with Gasteiger partial charge >= 0.3 is 7.05 Å². The van der Waals surface area contributed by atoms with Crippen LogP contribution in [0.5, 0.6) is 0 Å². The third-order valence-electron chi connectivity index (χ3n) is 2.72. The summed E-state index contributed by atoms with van der Waals surface area (Å²) in [5, 5.41) is 0.706. The number of hydroxylamine groups is 1. The maximum atomic E-state index is 5.85. The standard InChI is InChI=1S/C13H10BClN2O/c15-12-8-6-10(7-9-12)13-16-14(18-17-13)11-4-2-1-3-5-11/h1-9H,(H,16,17). The van der Waals surface area contributed by atoms with Crippen LogP contribution in [-0.2, 0) is 4.76 Å². The Kier molecular flexibility index (Phi) is 3.05. The monoisotopic (exact) mass is 256 g/mol. The Bertz CT molecular complexity index is 571. The van der Waals surface area contributed by atoms with Crippen LogP contribution in [0.15, 0.2) is 59.5 Å². The fourth-order valence-corrected chi connectivity index (χ4v) is 1.91. The van der Waals surface area contributed by atoms with Crippen LogP contribution in [0.1, 0.15) is 5.56 Å². The van der Waals surface area contributed by atoms with Gasteiger partial charge in [0, 0.05) is 10.6 Å². The molecule has 0 aromatic heterocycles. The second-order valence-corrected chi connectivity index (χ2v) is 4.40. The molecule has 0 aliphatic carbocycles. The number of rotatable bonds is 2. The summed E-state index contributed by atoms with van der Waals surface area (Å²) in [4.78, 5) is 4.50. The molecule has 1 aliphatic heterocycles. The lowest BCUT2D eigenvalue weighted by Crippen LogP contribution is -2.31. The van der Waals surface area contributed by atoms with E-state index in [4.69, 9.17) is 16.4 Å². The van der Waals surface area contributed by atoms with E-state index in [1.807, 2.05) is 54.6 Å². The van der Waals surface area contributed by atoms with E-state index in [-0.39, 0.29) is 7.05 Å². The molecule has 1 N–H and O–H groups in total. The van der Waals surface area contributed by atoms with Gasteiger partial charge in [-0.2, -0.15) is 0 Å². The van der Waals surface area contributed by atoms with Crippen molar-refractivity contribution in [2.45, 2.75) is 0 Å². The molecule has 3 rings (SSSR count). The first-order valence-corrected chi connectivity index (χ1v) is 6.01. The first-order valence-electron chi connectivity index (χ1n) is 5.63. The highest BCUT2D eigenvalue weighted by Crippen LogP contribution is 2.12. The molecular formula is C13H10BClN2O. The van der Waals surface area contributed by atoms with Gasteiger partial charge in [-0.25, -0.2) is 0 Å². The number of hydrogen-bond donors (Lipinski definition) is 1. The van der Waals surface area contributed by atoms with Gasteiger partial charge in [0.05, 0.1) is 0 Å². The highest BCUT2D eigenvalue weighted by molar-refractivity contribution is 6.68. The zero-order valence-electron chi connectivity index (χ0n) is 9.51. The molecule has 1 heterocycles. The van der Waals surface area contributed by atoms with E-state index in [0.29, 0.717) is 5.02 Å². The van der Waals surface area contributed by atoms with Gasteiger partial charge in [0.1, 0.15) is 5.84 Å². The van der Waals surface area contributed by atoms with Crippen molar-refractivity contribution in [1.82, 2.24) is 5.48 Å². The normalized spacial score (nSPS) is 14.3. The smallest absolute Gasteiger partial charge is 0.300 e. The molecule has 0 saturated carbocycles. The average molecular weight is 257 g/mol. The molecule has 0 saturated heterocycles. The molecule has 2 aromatic rings. The fourth-order valence-electron chi connectivity index (χ4n) is 1.78. The predicted octanol–water partition coefficient (Wildman–Crippen LogP) is 2.02. The Morgan fingerprint density at radius 2 is 1.72 bits per heavy atom. The lowest BCUT2D eigenvalue weighted by Gasteiger charge is -2.02. The minimum absolute atomic E-state index is 0.295. The van der Waals surface area contributed by atoms with E-state index in [1.165, 1.54) is 0 Å². The second kappa shape index (κ2) is 4.84. The SMILES string of the molecule is Clc1ccc(C2=NB(c3ccccc3)ON2)cc1. The molecule has 18 heavy (non-hydrogen) atoms. The van der Waals surface area contributed by atoms with Crippen LogP contribution in [0.3, 0.4) is 0 Å². The molecule has 0 radical (unpaired) electrons. The summed E-state index contributed by atoms with van der Waals surface area (Å²) in [7, 11) is -0.295. The van der Waals surface area contributed by atoms with Crippen LogP contribution >= 0.6 is 11.6 Å². The van der Waals surface area contributed by atoms with Crippen LogP contribution in [0.2, 0.25) is 5.02 Å². The van der Waals surface area contributed by atoms with E-state index >= 15 is 0 Å². The van der Waals surface area contributed by atoms with Crippen LogP contribution in [-0.4, -0.2) is 12.9 Å². The zero-order chi connectivity index (χ0) is 12.4. The van der Waals surface area contributed by atoms with Crippen LogP contribution in [0, 0.1) is 0 Å². The highest BCUT2D eigenvalue weighted by atomic mass is 35.5. The summed E-state index contributed by atoms with van der Waals surface area (Å²) < 4.78 is 5.45. The number of amidine groups is 1. The topological polar surface area (TPSA) is 33.6 Å². The van der Waals surface area contributed by atoms with Gasteiger partial charge < -0.3 is 0 Å². The third-order valence-corrected chi connectivity index (χ3v) is 2.97. The van der Waals surface area contributed by atoms with Crippen molar-refractivity contribution in [2.75, 3.05) is 0 Å². The van der Waals surface area contributed by atoms with Crippen molar-refractivity contribution in [2.24, 2.45) is 4.90 Å². The highest BCUT2D eigenvalue weighted by Gasteiger charge is 2.26. The molecule has 1 aliphatic rings. The number of benzene rings is 2. The van der Waals surface area contributed by atoms with Gasteiger partial charge in [0.25, 0.3) is 0 Å². The molecular weight excluding hydrogens is 246 g/mol. The van der Waals surface area contributed by atoms with Gasteiger partial charge in [-0.3, -0.25) is 15.1 Å². The van der Waals surface area contributed by atoms with Crippen molar-refractivity contribution >= 4 is 29.9 Å². The van der Waals surface area contributed by atoms with Gasteiger partial charge in [0.15, 0.2) is 0 Å². The van der Waals surface area contributed by atoms with Crippen molar-refractivity contribution in [3.8, 4) is 0 Å². The van der Waals surface area contributed by atoms with E-state index in [1.54, 1.807) is 0 Å². The number of halogens is 1. The quantitative estimate of drug-likeness (QED) is 0.834. The van der Waals surface area contributed by atoms with Crippen molar-refractivity contribution in [1.29, 1.82) is 0 Å². The van der Waals surface area contributed by atoms with Crippen LogP contribution < -0.4 is 10.9 Å². The van der Waals surface area contributed by atoms with Gasteiger partial charge in [-0.15, -0.1) is 0 Å². The number of nitrogens with zero attached hydrogens (tertiary/aromatic N) is 1. The Hall–Kier alpha value is -1.78. The summed E-state index contributed by atoms with van der Waals surface area (Å²) in [6, 6.07) is 17.4. The largest absolute Gasteiger partial charge is 0.496 e. The van der Waals surface area contributed by atoms with Gasteiger partial charge in [0.2, 0.25) is 0 Å². The molecule has 0 spiro atoms. The summed E-state index contributed by atoms with van der Waals surface area (Å²) in [6.45, 7) is 0. The maximum Gasteiger partial charge on any atom is 0.496 e. The molecule has 0 unspecified atom stereocenters. The minimum Gasteiger partial charge on any atom is -0.300 e. The molecule has 3 nitrogen and oxygen atoms in total. The Morgan fingerprint density at radius 3 is 2.44 bits per heavy atom. The molecule has 0 fully saturated rings. The van der Waals surface area contributed by atoms with Crippen LogP contribution in [0.4, 0.5) is 0 Å². The van der Waals surface area contributed by atoms with Crippen molar-refractivity contribution in [3.63, 3.8) is 0 Å². The molecule has 0 atom stereocenters. The summed E-state index contributed by atoms with van der Waals surface area (Å²) in [5.74, 6) is 0.723. The van der Waals surface area contributed by atoms with E-state index in [2.05, 4.69) is 10.4 Å². The average Bonchev–Trinajstić information content (AvgIpc) is 2.90. The van der Waals surface area contributed by atoms with Gasteiger partial charge in [-0.05, 0) is 29.7 Å². The van der Waals surface area contributed by atoms with E-state index in [9.17, 15) is 0 Å². The summed E-state index contributed by atoms with van der Waals surface area (Å²) >= 11 is 5.85.